The van der Waals surface area contributed by atoms with Gasteiger partial charge in [0.2, 0.25) is 0 Å². The number of anilines is 4. The highest BCUT2D eigenvalue weighted by atomic mass is 19.1. The van der Waals surface area contributed by atoms with E-state index >= 15 is 8.78 Å². The summed E-state index contributed by atoms with van der Waals surface area (Å²) in [7, 11) is 1.79. The monoisotopic (exact) mass is 876 g/mol. The molecule has 20 heteroatoms. The summed E-state index contributed by atoms with van der Waals surface area (Å²) in [5, 5.41) is 13.6. The fourth-order valence-corrected chi connectivity index (χ4v) is 12.0. The molecule has 4 saturated heterocycles. The Balaban J connectivity index is 0.809. The molecule has 0 saturated carbocycles. The lowest BCUT2D eigenvalue weighted by Crippen LogP contribution is -2.52. The number of halogens is 2. The van der Waals surface area contributed by atoms with Crippen molar-refractivity contribution in [2.45, 2.75) is 69.7 Å². The van der Waals surface area contributed by atoms with E-state index in [4.69, 9.17) is 29.4 Å². The smallest absolute Gasteiger partial charge is 0.326 e. The van der Waals surface area contributed by atoms with Crippen LogP contribution in [0.5, 0.6) is 23.5 Å². The van der Waals surface area contributed by atoms with Gasteiger partial charge in [-0.15, -0.1) is 0 Å². The van der Waals surface area contributed by atoms with Crippen molar-refractivity contribution in [3.63, 3.8) is 0 Å². The van der Waals surface area contributed by atoms with E-state index < -0.39 is 0 Å². The second-order valence-electron chi connectivity index (χ2n) is 18.3. The Bertz CT molecular complexity index is 3310. The number of likely N-dealkylation sites (tertiary alicyclic amines) is 1. The van der Waals surface area contributed by atoms with Crippen molar-refractivity contribution in [1.82, 2.24) is 60.1 Å². The summed E-state index contributed by atoms with van der Waals surface area (Å²) < 4.78 is 45.2. The Morgan fingerprint density at radius 3 is 1.91 bits per heavy atom. The van der Waals surface area contributed by atoms with Crippen molar-refractivity contribution < 1.29 is 18.3 Å². The molecule has 5 N–H and O–H groups in total. The van der Waals surface area contributed by atoms with Gasteiger partial charge >= 0.3 is 12.0 Å². The van der Waals surface area contributed by atoms with Crippen molar-refractivity contribution in [3.8, 4) is 23.5 Å². The fourth-order valence-electron chi connectivity index (χ4n) is 12.0. The molecule has 6 aromatic heterocycles. The van der Waals surface area contributed by atoms with Gasteiger partial charge in [0, 0.05) is 72.7 Å². The number of nitrogens with zero attached hydrogens (tertiary/aromatic N) is 11. The number of hydrogen-bond acceptors (Lipinski definition) is 16. The molecule has 6 aliphatic heterocycles. The van der Waals surface area contributed by atoms with Crippen molar-refractivity contribution in [3.05, 3.63) is 71.3 Å². The number of aromatic amines is 2. The molecule has 18 nitrogen and oxygen atoms in total. The van der Waals surface area contributed by atoms with Gasteiger partial charge in [-0.2, -0.15) is 19.9 Å². The van der Waals surface area contributed by atoms with E-state index in [2.05, 4.69) is 60.6 Å². The Morgan fingerprint density at radius 2 is 1.28 bits per heavy atom. The quantitative estimate of drug-likeness (QED) is 0.126. The molecule has 4 fully saturated rings. The zero-order valence-corrected chi connectivity index (χ0v) is 35.6. The maximum atomic E-state index is 16.7. The fraction of sp³-hybridized carbons (Fsp3) is 0.378. The summed E-state index contributed by atoms with van der Waals surface area (Å²) >= 11 is 0. The average Bonchev–Trinajstić information content (AvgIpc) is 4.15. The van der Waals surface area contributed by atoms with E-state index in [9.17, 15) is 0 Å². The number of fused-ring (bicyclic) bond motifs is 10. The Labute approximate surface area is 368 Å². The van der Waals surface area contributed by atoms with Crippen LogP contribution in [0.4, 0.5) is 31.8 Å². The van der Waals surface area contributed by atoms with Crippen LogP contribution in [0.1, 0.15) is 35.6 Å². The van der Waals surface area contributed by atoms with Crippen LogP contribution in [0, 0.1) is 31.4 Å². The first-order valence-corrected chi connectivity index (χ1v) is 22.2. The van der Waals surface area contributed by atoms with Gasteiger partial charge in [0.05, 0.1) is 70.7 Å². The van der Waals surface area contributed by atoms with Crippen LogP contribution >= 0.6 is 0 Å². The number of ether oxygens (including phenoxy) is 2. The molecule has 14 rings (SSSR count). The molecule has 0 spiro atoms. The lowest BCUT2D eigenvalue weighted by atomic mass is 9.96. The molecule has 2 bridgehead atoms. The molecule has 6 atom stereocenters. The van der Waals surface area contributed by atoms with Gasteiger partial charge in [0.25, 0.3) is 0 Å². The van der Waals surface area contributed by atoms with Crippen LogP contribution in [0.2, 0.25) is 0 Å². The number of aryl methyl sites for hydroxylation is 2. The normalized spacial score (nSPS) is 23.8. The number of nitrogens with one attached hydrogen (secondary N) is 5. The van der Waals surface area contributed by atoms with E-state index in [-0.39, 0.29) is 59.8 Å². The maximum absolute atomic E-state index is 16.7. The Morgan fingerprint density at radius 1 is 0.692 bits per heavy atom. The number of piperazine rings is 1. The van der Waals surface area contributed by atoms with E-state index in [1.807, 2.05) is 13.8 Å². The third-order valence-electron chi connectivity index (χ3n) is 14.7. The molecular weight excluding hydrogens is 835 g/mol. The first-order chi connectivity index (χ1) is 31.7. The van der Waals surface area contributed by atoms with E-state index in [0.29, 0.717) is 88.8 Å². The van der Waals surface area contributed by atoms with Gasteiger partial charge in [-0.05, 0) is 57.6 Å². The van der Waals surface area contributed by atoms with Gasteiger partial charge < -0.3 is 45.2 Å². The molecule has 6 aliphatic rings. The van der Waals surface area contributed by atoms with Crippen LogP contribution in [-0.2, 0) is 12.8 Å². The van der Waals surface area contributed by atoms with Crippen molar-refractivity contribution in [2.75, 3.05) is 53.8 Å². The SMILES string of the molecule is CNc1cc(F)c2c3c1[nH]c1nc(Oc4cnc(C)nc4)nc(c13)N1[C@@H](C2)C[C@@H]2CN(CNc3cc(F)c4c5c3[nH]c3nc(Oc6cnc(C)nc6)nc(c35)N3[C@H]5CN[C@H](C5)[C@@H]3C4)C[C@@H]21. The average molecular weight is 877 g/mol. The highest BCUT2D eigenvalue weighted by Gasteiger charge is 2.51. The minimum Gasteiger partial charge on any atom is -0.421 e. The molecule has 8 aromatic rings. The van der Waals surface area contributed by atoms with E-state index in [1.165, 1.54) is 0 Å². The molecule has 0 aliphatic carbocycles. The van der Waals surface area contributed by atoms with Crippen LogP contribution in [-0.4, -0.2) is 118 Å². The topological polar surface area (TPSA) is 199 Å². The first kappa shape index (κ1) is 37.3. The Hall–Kier alpha value is -7.06. The maximum Gasteiger partial charge on any atom is 0.326 e. The van der Waals surface area contributed by atoms with Crippen molar-refractivity contribution in [2.24, 2.45) is 5.92 Å². The zero-order valence-electron chi connectivity index (χ0n) is 35.6. The number of aromatic nitrogens is 10. The molecule has 65 heavy (non-hydrogen) atoms. The summed E-state index contributed by atoms with van der Waals surface area (Å²) in [5.74, 6) is 3.33. The largest absolute Gasteiger partial charge is 0.421 e. The highest BCUT2D eigenvalue weighted by Crippen LogP contribution is 2.50. The first-order valence-electron chi connectivity index (χ1n) is 22.2. The van der Waals surface area contributed by atoms with Gasteiger partial charge in [-0.1, -0.05) is 0 Å². The third kappa shape index (κ3) is 5.49. The second-order valence-corrected chi connectivity index (χ2v) is 18.3. The Kier molecular flexibility index (Phi) is 7.75. The van der Waals surface area contributed by atoms with Gasteiger partial charge in [0.15, 0.2) is 11.5 Å². The summed E-state index contributed by atoms with van der Waals surface area (Å²) in [4.78, 5) is 51.1. The predicted molar refractivity (Wildman–Crippen MR) is 238 cm³/mol. The number of benzene rings is 2. The summed E-state index contributed by atoms with van der Waals surface area (Å²) in [6.07, 6.45) is 9.30. The minimum absolute atomic E-state index is 0.00442. The molecule has 0 amide bonds. The number of rotatable bonds is 8. The van der Waals surface area contributed by atoms with E-state index in [0.717, 1.165) is 64.3 Å². The van der Waals surface area contributed by atoms with Gasteiger partial charge in [-0.25, -0.2) is 28.7 Å². The lowest BCUT2D eigenvalue weighted by molar-refractivity contribution is 0.331. The molecule has 0 radical (unpaired) electrons. The van der Waals surface area contributed by atoms with Crippen LogP contribution in [0.25, 0.3) is 43.9 Å². The van der Waals surface area contributed by atoms with Gasteiger partial charge in [-0.3, -0.25) is 4.90 Å². The minimum atomic E-state index is -0.256. The van der Waals surface area contributed by atoms with E-state index in [1.54, 1.807) is 44.0 Å². The molecular formula is C45H42F2N16O2. The van der Waals surface area contributed by atoms with Crippen molar-refractivity contribution >= 4 is 66.9 Å². The highest BCUT2D eigenvalue weighted by molar-refractivity contribution is 6.18. The standard InChI is InChI=1S/C45H42F2N16O2/c1-18-49-11-23(12-50-18)64-44-57-40-36-34-25(27(46)8-30(48-3)38(34)55-40)5-21-4-20-15-61(16-33(20)62(21)42(36)59-44)17-54-31-9-28(47)26-7-32-29-6-22(10-53-29)63(32)43-37-35(26)39(31)56-41(37)58-45(60-43)65-24-13-51-19(2)52-14-24/h8-9,11-14,20-22,29,32-33,48,53-54H,4-7,10,15-17H2,1-3H3,(H,55,57,59)(H,56,58,60)/t20-,21-,22-,29-,32+,33+/m1/s1. The molecule has 2 aromatic carbocycles. The number of H-pyrrole nitrogens is 2. The van der Waals surface area contributed by atoms with Gasteiger partial charge in [0.1, 0.15) is 46.2 Å². The van der Waals surface area contributed by atoms with Crippen LogP contribution < -0.4 is 35.2 Å². The van der Waals surface area contributed by atoms with Crippen LogP contribution in [0.15, 0.2) is 36.9 Å². The predicted octanol–water partition coefficient (Wildman–Crippen LogP) is 5.62. The molecule has 328 valence electrons. The molecule has 0 unspecified atom stereocenters. The third-order valence-corrected chi connectivity index (χ3v) is 14.7. The lowest BCUT2D eigenvalue weighted by Gasteiger charge is -2.36. The molecule has 12 heterocycles. The summed E-state index contributed by atoms with van der Waals surface area (Å²) in [6.45, 7) is 6.42. The summed E-state index contributed by atoms with van der Waals surface area (Å²) in [5.41, 5.74) is 5.33. The van der Waals surface area contributed by atoms with Crippen molar-refractivity contribution in [1.29, 1.82) is 0 Å². The number of hydrogen-bond donors (Lipinski definition) is 5. The van der Waals surface area contributed by atoms with Crippen LogP contribution in [0.3, 0.4) is 0 Å². The zero-order chi connectivity index (χ0) is 43.4. The summed E-state index contributed by atoms with van der Waals surface area (Å²) in [6, 6.07) is 4.06. The second kappa shape index (κ2) is 13.5.